The van der Waals surface area contributed by atoms with Crippen LogP contribution in [-0.2, 0) is 11.3 Å². The number of halogens is 1. The number of hydrogen-bond acceptors (Lipinski definition) is 3. The Morgan fingerprint density at radius 2 is 2.13 bits per heavy atom. The molecule has 0 bridgehead atoms. The molecule has 2 N–H and O–H groups in total. The summed E-state index contributed by atoms with van der Waals surface area (Å²) in [5.74, 6) is -0.451. The van der Waals surface area contributed by atoms with Crippen LogP contribution in [0.4, 0.5) is 15.8 Å². The molecular formula is C17H15FN4O. The molecule has 5 nitrogen and oxygen atoms in total. The van der Waals surface area contributed by atoms with E-state index in [4.69, 9.17) is 0 Å². The molecule has 0 fully saturated rings. The number of aromatic nitrogens is 2. The highest BCUT2D eigenvalue weighted by Crippen LogP contribution is 2.31. The Morgan fingerprint density at radius 1 is 1.22 bits per heavy atom. The summed E-state index contributed by atoms with van der Waals surface area (Å²) in [6, 6.07) is 10.6. The van der Waals surface area contributed by atoms with Gasteiger partial charge in [0.05, 0.1) is 23.1 Å². The molecule has 2 aromatic carbocycles. The summed E-state index contributed by atoms with van der Waals surface area (Å²) in [6.45, 7) is 1.23. The maximum absolute atomic E-state index is 13.5. The van der Waals surface area contributed by atoms with E-state index in [1.807, 2.05) is 18.2 Å². The third-order valence-corrected chi connectivity index (χ3v) is 4.06. The second-order valence-corrected chi connectivity index (χ2v) is 5.67. The lowest BCUT2D eigenvalue weighted by atomic mass is 10.1. The monoisotopic (exact) mass is 310 g/mol. The number of hydrogen-bond donors (Lipinski definition) is 2. The Bertz CT molecular complexity index is 889. The van der Waals surface area contributed by atoms with E-state index in [0.717, 1.165) is 22.2 Å². The van der Waals surface area contributed by atoms with Crippen molar-refractivity contribution in [2.45, 2.75) is 13.0 Å². The molecular weight excluding hydrogens is 295 g/mol. The van der Waals surface area contributed by atoms with Crippen molar-refractivity contribution in [3.63, 3.8) is 0 Å². The fourth-order valence-electron chi connectivity index (χ4n) is 2.92. The van der Waals surface area contributed by atoms with Gasteiger partial charge in [-0.05, 0) is 29.8 Å². The summed E-state index contributed by atoms with van der Waals surface area (Å²) in [7, 11) is 0. The Hall–Kier alpha value is -2.89. The lowest BCUT2D eigenvalue weighted by Gasteiger charge is -2.24. The molecule has 0 saturated heterocycles. The van der Waals surface area contributed by atoms with Crippen molar-refractivity contribution in [2.75, 3.05) is 16.8 Å². The zero-order valence-electron chi connectivity index (χ0n) is 12.3. The van der Waals surface area contributed by atoms with E-state index in [1.54, 1.807) is 12.3 Å². The molecule has 1 aliphatic rings. The van der Waals surface area contributed by atoms with Gasteiger partial charge in [0.2, 0.25) is 5.91 Å². The topological polar surface area (TPSA) is 61.0 Å². The molecule has 0 radical (unpaired) electrons. The number of rotatable bonds is 2. The molecule has 116 valence electrons. The second kappa shape index (κ2) is 5.39. The maximum Gasteiger partial charge on any atom is 0.226 e. The summed E-state index contributed by atoms with van der Waals surface area (Å²) in [5, 5.41) is 10.8. The van der Waals surface area contributed by atoms with E-state index in [2.05, 4.69) is 20.4 Å². The fraction of sp³-hybridized carbons (Fsp3) is 0.176. The smallest absolute Gasteiger partial charge is 0.226 e. The number of aromatic amines is 1. The van der Waals surface area contributed by atoms with Crippen molar-refractivity contribution in [1.29, 1.82) is 0 Å². The van der Waals surface area contributed by atoms with Gasteiger partial charge in [0.1, 0.15) is 5.82 Å². The van der Waals surface area contributed by atoms with E-state index < -0.39 is 0 Å². The number of H-pyrrole nitrogens is 1. The molecule has 1 aromatic heterocycles. The second-order valence-electron chi connectivity index (χ2n) is 5.67. The van der Waals surface area contributed by atoms with Crippen molar-refractivity contribution >= 4 is 28.2 Å². The predicted molar refractivity (Wildman–Crippen MR) is 86.8 cm³/mol. The van der Waals surface area contributed by atoms with Gasteiger partial charge in [0, 0.05) is 24.9 Å². The number of amides is 1. The molecule has 0 saturated carbocycles. The maximum atomic E-state index is 13.5. The average Bonchev–Trinajstić information content (AvgIpc) is 2.93. The molecule has 0 spiro atoms. The molecule has 1 aliphatic heterocycles. The first-order valence-corrected chi connectivity index (χ1v) is 7.45. The van der Waals surface area contributed by atoms with Crippen LogP contribution in [0, 0.1) is 5.82 Å². The number of nitrogens with zero attached hydrogens (tertiary/aromatic N) is 2. The van der Waals surface area contributed by atoms with Crippen molar-refractivity contribution in [3.8, 4) is 0 Å². The summed E-state index contributed by atoms with van der Waals surface area (Å²) < 4.78 is 13.5. The largest absolute Gasteiger partial charge is 0.365 e. The highest BCUT2D eigenvalue weighted by atomic mass is 19.1. The quantitative estimate of drug-likeness (QED) is 0.765. The van der Waals surface area contributed by atoms with E-state index in [1.165, 1.54) is 12.1 Å². The number of benzene rings is 2. The van der Waals surface area contributed by atoms with E-state index >= 15 is 0 Å². The summed E-state index contributed by atoms with van der Waals surface area (Å²) in [5.41, 5.74) is 3.44. The van der Waals surface area contributed by atoms with Crippen molar-refractivity contribution in [2.24, 2.45) is 0 Å². The van der Waals surface area contributed by atoms with Crippen LogP contribution in [0.25, 0.3) is 10.9 Å². The van der Waals surface area contributed by atoms with Gasteiger partial charge < -0.3 is 10.2 Å². The molecule has 23 heavy (non-hydrogen) atoms. The fourth-order valence-corrected chi connectivity index (χ4v) is 2.92. The van der Waals surface area contributed by atoms with Crippen LogP contribution in [0.3, 0.4) is 0 Å². The van der Waals surface area contributed by atoms with Crippen LogP contribution in [0.2, 0.25) is 0 Å². The van der Waals surface area contributed by atoms with Crippen LogP contribution in [0.5, 0.6) is 0 Å². The Morgan fingerprint density at radius 3 is 3.04 bits per heavy atom. The predicted octanol–water partition coefficient (Wildman–Crippen LogP) is 3.05. The molecule has 2 heterocycles. The van der Waals surface area contributed by atoms with Crippen LogP contribution in [0.15, 0.2) is 42.6 Å². The number of carbonyl (C=O) groups excluding carboxylic acids is 1. The van der Waals surface area contributed by atoms with Gasteiger partial charge >= 0.3 is 0 Å². The first-order chi connectivity index (χ1) is 11.2. The van der Waals surface area contributed by atoms with E-state index in [0.29, 0.717) is 25.2 Å². The van der Waals surface area contributed by atoms with Gasteiger partial charge in [-0.2, -0.15) is 5.10 Å². The van der Waals surface area contributed by atoms with Crippen molar-refractivity contribution in [1.82, 2.24) is 10.2 Å². The van der Waals surface area contributed by atoms with Gasteiger partial charge in [-0.15, -0.1) is 0 Å². The summed E-state index contributed by atoms with van der Waals surface area (Å²) in [4.78, 5) is 13.9. The zero-order valence-corrected chi connectivity index (χ0v) is 12.3. The van der Waals surface area contributed by atoms with Crippen LogP contribution < -0.4 is 10.2 Å². The molecule has 0 unspecified atom stereocenters. The zero-order chi connectivity index (χ0) is 15.8. The standard InChI is InChI=1S/C17H15FN4O/c18-13-3-4-16-15(8-13)20-17(23)5-6-22(16)10-11-1-2-12-9-19-21-14(12)7-11/h1-4,7-9H,5-6,10H2,(H,19,21)(H,20,23). The Labute approximate surface area is 132 Å². The van der Waals surface area contributed by atoms with E-state index in [9.17, 15) is 9.18 Å². The SMILES string of the molecule is O=C1CCN(Cc2ccc3cn[nH]c3c2)c2ccc(F)cc2N1. The van der Waals surface area contributed by atoms with Gasteiger partial charge in [0.15, 0.2) is 0 Å². The first-order valence-electron chi connectivity index (χ1n) is 7.45. The van der Waals surface area contributed by atoms with Gasteiger partial charge in [-0.3, -0.25) is 9.89 Å². The van der Waals surface area contributed by atoms with Crippen LogP contribution in [0.1, 0.15) is 12.0 Å². The Balaban J connectivity index is 1.69. The summed E-state index contributed by atoms with van der Waals surface area (Å²) >= 11 is 0. The van der Waals surface area contributed by atoms with Gasteiger partial charge in [0.25, 0.3) is 0 Å². The van der Waals surface area contributed by atoms with Gasteiger partial charge in [-0.25, -0.2) is 4.39 Å². The molecule has 4 rings (SSSR count). The third kappa shape index (κ3) is 2.63. The normalized spacial score (nSPS) is 14.5. The lowest BCUT2D eigenvalue weighted by Crippen LogP contribution is -2.24. The number of nitrogens with one attached hydrogen (secondary N) is 2. The molecule has 6 heteroatoms. The van der Waals surface area contributed by atoms with Crippen LogP contribution in [-0.4, -0.2) is 22.6 Å². The molecule has 1 amide bonds. The minimum absolute atomic E-state index is 0.0941. The van der Waals surface area contributed by atoms with Crippen molar-refractivity contribution in [3.05, 3.63) is 54.0 Å². The highest BCUT2D eigenvalue weighted by molar-refractivity contribution is 5.96. The number of anilines is 2. The minimum Gasteiger partial charge on any atom is -0.365 e. The minimum atomic E-state index is -0.357. The molecule has 0 aliphatic carbocycles. The number of carbonyl (C=O) groups is 1. The average molecular weight is 310 g/mol. The van der Waals surface area contributed by atoms with Crippen LogP contribution >= 0.6 is 0 Å². The lowest BCUT2D eigenvalue weighted by molar-refractivity contribution is -0.115. The molecule has 3 aromatic rings. The van der Waals surface area contributed by atoms with Gasteiger partial charge in [-0.1, -0.05) is 12.1 Å². The first kappa shape index (κ1) is 13.8. The molecule has 0 atom stereocenters. The highest BCUT2D eigenvalue weighted by Gasteiger charge is 2.19. The summed E-state index contributed by atoms with van der Waals surface area (Å²) in [6.07, 6.45) is 2.16. The third-order valence-electron chi connectivity index (χ3n) is 4.06. The Kier molecular flexibility index (Phi) is 3.22. The van der Waals surface area contributed by atoms with Crippen molar-refractivity contribution < 1.29 is 9.18 Å². The van der Waals surface area contributed by atoms with E-state index in [-0.39, 0.29) is 11.7 Å². The number of fused-ring (bicyclic) bond motifs is 2.